The lowest BCUT2D eigenvalue weighted by Gasteiger charge is -2.08. The van der Waals surface area contributed by atoms with Gasteiger partial charge in [-0.1, -0.05) is 48.0 Å². The van der Waals surface area contributed by atoms with Gasteiger partial charge in [0.25, 0.3) is 0 Å². The van der Waals surface area contributed by atoms with Gasteiger partial charge in [0.1, 0.15) is 12.4 Å². The summed E-state index contributed by atoms with van der Waals surface area (Å²) >= 11 is 0. The minimum Gasteiger partial charge on any atom is -0.337 e. The standard InChI is InChI=1S/C23H19FN2O3S/c1-16-10-12-17(13-11-16)30(28,29)22-14-26(21-9-5-2-6-18(21)22)15-23(27)25-20-8-4-3-7-19(20)24/h2-14H,15H2,1H3,(H,25,27). The van der Waals surface area contributed by atoms with Gasteiger partial charge in [-0.2, -0.15) is 0 Å². The maximum Gasteiger partial charge on any atom is 0.244 e. The Labute approximate surface area is 173 Å². The summed E-state index contributed by atoms with van der Waals surface area (Å²) in [5, 5.41) is 3.05. The van der Waals surface area contributed by atoms with Gasteiger partial charge in [-0.15, -0.1) is 0 Å². The topological polar surface area (TPSA) is 68.2 Å². The molecule has 5 nitrogen and oxygen atoms in total. The first-order valence-electron chi connectivity index (χ1n) is 9.30. The molecule has 0 fully saturated rings. The number of anilines is 1. The molecule has 0 saturated heterocycles. The molecule has 4 aromatic rings. The van der Waals surface area contributed by atoms with E-state index in [-0.39, 0.29) is 22.0 Å². The van der Waals surface area contributed by atoms with Crippen molar-refractivity contribution in [1.82, 2.24) is 4.57 Å². The molecule has 0 atom stereocenters. The molecule has 3 aromatic carbocycles. The number of benzene rings is 3. The molecule has 0 aliphatic rings. The number of sulfone groups is 1. The maximum absolute atomic E-state index is 13.8. The summed E-state index contributed by atoms with van der Waals surface area (Å²) in [6, 6.07) is 19.5. The van der Waals surface area contributed by atoms with Crippen LogP contribution in [0, 0.1) is 12.7 Å². The largest absolute Gasteiger partial charge is 0.337 e. The third-order valence-electron chi connectivity index (χ3n) is 4.83. The lowest BCUT2D eigenvalue weighted by atomic mass is 10.2. The molecule has 0 aliphatic heterocycles. The van der Waals surface area contributed by atoms with E-state index in [1.54, 1.807) is 59.2 Å². The van der Waals surface area contributed by atoms with Crippen LogP contribution in [0.5, 0.6) is 0 Å². The SMILES string of the molecule is Cc1ccc(S(=O)(=O)c2cn(CC(=O)Nc3ccccc3F)c3ccccc23)cc1. The Hall–Kier alpha value is -3.45. The number of carbonyl (C=O) groups excluding carboxylic acids is 1. The highest BCUT2D eigenvalue weighted by molar-refractivity contribution is 7.91. The number of hydrogen-bond donors (Lipinski definition) is 1. The van der Waals surface area contributed by atoms with Gasteiger partial charge in [0, 0.05) is 17.1 Å². The van der Waals surface area contributed by atoms with E-state index in [0.717, 1.165) is 5.56 Å². The minimum atomic E-state index is -3.78. The molecule has 0 aliphatic carbocycles. The lowest BCUT2D eigenvalue weighted by molar-refractivity contribution is -0.116. The summed E-state index contributed by atoms with van der Waals surface area (Å²) in [5.41, 5.74) is 1.64. The molecule has 30 heavy (non-hydrogen) atoms. The zero-order valence-electron chi connectivity index (χ0n) is 16.2. The van der Waals surface area contributed by atoms with Crippen LogP contribution >= 0.6 is 0 Å². The van der Waals surface area contributed by atoms with Crippen molar-refractivity contribution in [3.63, 3.8) is 0 Å². The highest BCUT2D eigenvalue weighted by atomic mass is 32.2. The maximum atomic E-state index is 13.8. The second-order valence-corrected chi connectivity index (χ2v) is 8.90. The fourth-order valence-corrected chi connectivity index (χ4v) is 4.79. The van der Waals surface area contributed by atoms with Crippen molar-refractivity contribution >= 4 is 32.3 Å². The number of fused-ring (bicyclic) bond motifs is 1. The molecule has 152 valence electrons. The van der Waals surface area contributed by atoms with Crippen LogP contribution in [0.1, 0.15) is 5.56 Å². The van der Waals surface area contributed by atoms with E-state index in [4.69, 9.17) is 0 Å². The van der Waals surface area contributed by atoms with Gasteiger partial charge in [-0.05, 0) is 37.3 Å². The monoisotopic (exact) mass is 422 g/mol. The number of carbonyl (C=O) groups is 1. The number of nitrogens with one attached hydrogen (secondary N) is 1. The number of rotatable bonds is 5. The van der Waals surface area contributed by atoms with Gasteiger partial charge in [0.15, 0.2) is 0 Å². The van der Waals surface area contributed by atoms with E-state index in [2.05, 4.69) is 5.32 Å². The van der Waals surface area contributed by atoms with Gasteiger partial charge in [0.2, 0.25) is 15.7 Å². The van der Waals surface area contributed by atoms with Gasteiger partial charge in [0.05, 0.1) is 15.5 Å². The molecule has 7 heteroatoms. The summed E-state index contributed by atoms with van der Waals surface area (Å²) in [5.74, 6) is -0.994. The number of aromatic nitrogens is 1. The molecule has 1 aromatic heterocycles. The normalized spacial score (nSPS) is 11.5. The first-order chi connectivity index (χ1) is 14.4. The van der Waals surface area contributed by atoms with Gasteiger partial charge < -0.3 is 9.88 Å². The summed E-state index contributed by atoms with van der Waals surface area (Å²) in [4.78, 5) is 12.8. The number of halogens is 1. The van der Waals surface area contributed by atoms with E-state index >= 15 is 0 Å². The van der Waals surface area contributed by atoms with Crippen molar-refractivity contribution in [1.29, 1.82) is 0 Å². The number of nitrogens with zero attached hydrogens (tertiary/aromatic N) is 1. The molecule has 1 N–H and O–H groups in total. The van der Waals surface area contributed by atoms with Gasteiger partial charge in [-0.25, -0.2) is 12.8 Å². The van der Waals surface area contributed by atoms with E-state index < -0.39 is 21.6 Å². The molecule has 0 saturated carbocycles. The summed E-state index contributed by atoms with van der Waals surface area (Å²) < 4.78 is 41.8. The van der Waals surface area contributed by atoms with E-state index in [1.165, 1.54) is 24.4 Å². The molecular weight excluding hydrogens is 403 g/mol. The van der Waals surface area contributed by atoms with Crippen LogP contribution in [0.3, 0.4) is 0 Å². The average Bonchev–Trinajstić information content (AvgIpc) is 3.09. The average molecular weight is 422 g/mol. The number of para-hydroxylation sites is 2. The second kappa shape index (κ2) is 7.76. The highest BCUT2D eigenvalue weighted by Crippen LogP contribution is 2.30. The fourth-order valence-electron chi connectivity index (χ4n) is 3.31. The van der Waals surface area contributed by atoms with Crippen LogP contribution in [0.15, 0.2) is 88.8 Å². The molecule has 0 bridgehead atoms. The molecule has 1 amide bonds. The summed E-state index contributed by atoms with van der Waals surface area (Å²) in [6.45, 7) is 1.73. The third-order valence-corrected chi connectivity index (χ3v) is 6.63. The van der Waals surface area contributed by atoms with Crippen molar-refractivity contribution in [3.8, 4) is 0 Å². The van der Waals surface area contributed by atoms with Crippen LogP contribution in [-0.4, -0.2) is 18.9 Å². The van der Waals surface area contributed by atoms with Crippen molar-refractivity contribution < 1.29 is 17.6 Å². The van der Waals surface area contributed by atoms with E-state index in [0.29, 0.717) is 10.9 Å². The number of hydrogen-bond acceptors (Lipinski definition) is 3. The van der Waals surface area contributed by atoms with Gasteiger partial charge >= 0.3 is 0 Å². The lowest BCUT2D eigenvalue weighted by Crippen LogP contribution is -2.19. The van der Waals surface area contributed by atoms with Crippen LogP contribution in [0.25, 0.3) is 10.9 Å². The molecule has 1 heterocycles. The molecule has 0 unspecified atom stereocenters. The predicted octanol–water partition coefficient (Wildman–Crippen LogP) is 4.56. The summed E-state index contributed by atoms with van der Waals surface area (Å²) in [7, 11) is -3.78. The van der Waals surface area contributed by atoms with Crippen molar-refractivity contribution in [2.45, 2.75) is 23.3 Å². The Morgan fingerprint density at radius 2 is 1.63 bits per heavy atom. The van der Waals surface area contributed by atoms with Crippen molar-refractivity contribution in [2.75, 3.05) is 5.32 Å². The third kappa shape index (κ3) is 3.71. The quantitative estimate of drug-likeness (QED) is 0.513. The van der Waals surface area contributed by atoms with Crippen LogP contribution < -0.4 is 5.32 Å². The Morgan fingerprint density at radius 1 is 0.967 bits per heavy atom. The second-order valence-electron chi connectivity index (χ2n) is 6.98. The zero-order chi connectivity index (χ0) is 21.3. The predicted molar refractivity (Wildman–Crippen MR) is 114 cm³/mol. The zero-order valence-corrected chi connectivity index (χ0v) is 17.0. The van der Waals surface area contributed by atoms with Crippen molar-refractivity contribution in [3.05, 3.63) is 90.4 Å². The Balaban J connectivity index is 1.71. The number of amides is 1. The smallest absolute Gasteiger partial charge is 0.244 e. The Bertz CT molecular complexity index is 1340. The molecule has 0 spiro atoms. The molecule has 4 rings (SSSR count). The van der Waals surface area contributed by atoms with Gasteiger partial charge in [-0.3, -0.25) is 4.79 Å². The molecular formula is C23H19FN2O3S. The molecule has 0 radical (unpaired) electrons. The van der Waals surface area contributed by atoms with Crippen molar-refractivity contribution in [2.24, 2.45) is 0 Å². The first kappa shape index (κ1) is 19.8. The number of aryl methyl sites for hydroxylation is 1. The highest BCUT2D eigenvalue weighted by Gasteiger charge is 2.24. The fraction of sp³-hybridized carbons (Fsp3) is 0.0870. The van der Waals surface area contributed by atoms with E-state index in [1.807, 2.05) is 6.92 Å². The van der Waals surface area contributed by atoms with Crippen LogP contribution in [-0.2, 0) is 21.2 Å². The van der Waals surface area contributed by atoms with E-state index in [9.17, 15) is 17.6 Å². The van der Waals surface area contributed by atoms with Crippen LogP contribution in [0.4, 0.5) is 10.1 Å². The summed E-state index contributed by atoms with van der Waals surface area (Å²) in [6.07, 6.45) is 1.46. The Kier molecular flexibility index (Phi) is 5.13. The first-order valence-corrected chi connectivity index (χ1v) is 10.8. The minimum absolute atomic E-state index is 0.0754. The van der Waals surface area contributed by atoms with Crippen LogP contribution in [0.2, 0.25) is 0 Å². The Morgan fingerprint density at radius 3 is 2.37 bits per heavy atom.